The molecule has 0 aliphatic carbocycles. The zero-order valence-electron chi connectivity index (χ0n) is 16.1. The predicted octanol–water partition coefficient (Wildman–Crippen LogP) is 3.06. The van der Waals surface area contributed by atoms with Gasteiger partial charge in [-0.05, 0) is 35.4 Å². The Morgan fingerprint density at radius 1 is 1.14 bits per heavy atom. The smallest absolute Gasteiger partial charge is 0.180 e. The maximum absolute atomic E-state index is 13.0. The van der Waals surface area contributed by atoms with Crippen molar-refractivity contribution in [1.82, 2.24) is 15.5 Å². The fourth-order valence-electron chi connectivity index (χ4n) is 3.16. The number of nitrogens with one attached hydrogen (secondary N) is 2. The first kappa shape index (κ1) is 20.9. The van der Waals surface area contributed by atoms with Crippen molar-refractivity contribution in [1.29, 1.82) is 0 Å². The molecular formula is C21H27ClFN3O2. The molecule has 5 nitrogen and oxygen atoms in total. The third-order valence-electron chi connectivity index (χ3n) is 4.73. The van der Waals surface area contributed by atoms with Gasteiger partial charge >= 0.3 is 0 Å². The van der Waals surface area contributed by atoms with Gasteiger partial charge in [0.2, 0.25) is 0 Å². The van der Waals surface area contributed by atoms with Crippen LogP contribution in [0.4, 0.5) is 4.39 Å². The largest absolute Gasteiger partial charge is 0.493 e. The standard InChI is InChI=1S/C21H27ClFN3O2/c1-27-20-13-17(14-25-8-11-26-9-6-24-7-10-26)12-19(22)21(20)28-15-16-2-4-18(23)5-3-16/h2-5,12-13,24-25H,6-11,14-15H2,1H3. The van der Waals surface area contributed by atoms with Crippen LogP contribution in [0.2, 0.25) is 5.02 Å². The van der Waals surface area contributed by atoms with Crippen molar-refractivity contribution in [2.24, 2.45) is 0 Å². The number of benzene rings is 2. The van der Waals surface area contributed by atoms with Crippen LogP contribution in [-0.4, -0.2) is 51.3 Å². The van der Waals surface area contributed by atoms with Crippen molar-refractivity contribution >= 4 is 11.6 Å². The first-order chi connectivity index (χ1) is 13.7. The van der Waals surface area contributed by atoms with Gasteiger partial charge < -0.3 is 20.1 Å². The van der Waals surface area contributed by atoms with E-state index in [0.29, 0.717) is 29.7 Å². The highest BCUT2D eigenvalue weighted by atomic mass is 35.5. The number of rotatable bonds is 9. The molecule has 2 N–H and O–H groups in total. The minimum Gasteiger partial charge on any atom is -0.493 e. The van der Waals surface area contributed by atoms with Gasteiger partial charge in [-0.3, -0.25) is 4.90 Å². The summed E-state index contributed by atoms with van der Waals surface area (Å²) in [5, 5.41) is 7.32. The summed E-state index contributed by atoms with van der Waals surface area (Å²) in [5.41, 5.74) is 1.90. The van der Waals surface area contributed by atoms with Gasteiger partial charge in [-0.1, -0.05) is 23.7 Å². The summed E-state index contributed by atoms with van der Waals surface area (Å²) in [6.45, 7) is 7.27. The molecule has 1 aliphatic rings. The number of piperazine rings is 1. The maximum Gasteiger partial charge on any atom is 0.180 e. The van der Waals surface area contributed by atoms with Gasteiger partial charge in [0, 0.05) is 45.8 Å². The lowest BCUT2D eigenvalue weighted by Gasteiger charge is -2.27. The second kappa shape index (κ2) is 10.6. The minimum atomic E-state index is -0.270. The fourth-order valence-corrected chi connectivity index (χ4v) is 3.44. The Balaban J connectivity index is 1.53. The first-order valence-electron chi connectivity index (χ1n) is 9.53. The summed E-state index contributed by atoms with van der Waals surface area (Å²) >= 11 is 6.43. The Bertz CT molecular complexity index is 752. The van der Waals surface area contributed by atoms with Crippen LogP contribution >= 0.6 is 11.6 Å². The van der Waals surface area contributed by atoms with E-state index in [-0.39, 0.29) is 5.82 Å². The number of ether oxygens (including phenoxy) is 2. The molecule has 1 saturated heterocycles. The summed E-state index contributed by atoms with van der Waals surface area (Å²) in [6.07, 6.45) is 0. The number of hydrogen-bond acceptors (Lipinski definition) is 5. The molecule has 1 aliphatic heterocycles. The molecule has 2 aromatic carbocycles. The molecule has 0 aromatic heterocycles. The van der Waals surface area contributed by atoms with Crippen molar-refractivity contribution in [3.8, 4) is 11.5 Å². The third-order valence-corrected chi connectivity index (χ3v) is 5.01. The minimum absolute atomic E-state index is 0.270. The van der Waals surface area contributed by atoms with Crippen LogP contribution in [0.1, 0.15) is 11.1 Å². The quantitative estimate of drug-likeness (QED) is 0.625. The Hall–Kier alpha value is -1.86. The molecule has 1 heterocycles. The lowest BCUT2D eigenvalue weighted by atomic mass is 10.2. The van der Waals surface area contributed by atoms with E-state index < -0.39 is 0 Å². The Kier molecular flexibility index (Phi) is 7.91. The molecule has 0 atom stereocenters. The van der Waals surface area contributed by atoms with Crippen molar-refractivity contribution in [3.63, 3.8) is 0 Å². The van der Waals surface area contributed by atoms with Crippen LogP contribution in [0.15, 0.2) is 36.4 Å². The van der Waals surface area contributed by atoms with E-state index in [1.807, 2.05) is 12.1 Å². The van der Waals surface area contributed by atoms with Gasteiger partial charge in [0.25, 0.3) is 0 Å². The zero-order valence-corrected chi connectivity index (χ0v) is 16.9. The SMILES string of the molecule is COc1cc(CNCCN2CCNCC2)cc(Cl)c1OCc1ccc(F)cc1. The average molecular weight is 408 g/mol. The van der Waals surface area contributed by atoms with Gasteiger partial charge in [-0.25, -0.2) is 4.39 Å². The first-order valence-corrected chi connectivity index (χ1v) is 9.91. The van der Waals surface area contributed by atoms with E-state index in [1.165, 1.54) is 12.1 Å². The monoisotopic (exact) mass is 407 g/mol. The van der Waals surface area contributed by atoms with E-state index in [2.05, 4.69) is 15.5 Å². The van der Waals surface area contributed by atoms with Gasteiger partial charge in [0.15, 0.2) is 11.5 Å². The van der Waals surface area contributed by atoms with E-state index in [4.69, 9.17) is 21.1 Å². The Morgan fingerprint density at radius 2 is 1.89 bits per heavy atom. The van der Waals surface area contributed by atoms with Crippen molar-refractivity contribution in [2.75, 3.05) is 46.4 Å². The summed E-state index contributed by atoms with van der Waals surface area (Å²) in [7, 11) is 1.60. The van der Waals surface area contributed by atoms with Crippen LogP contribution in [0, 0.1) is 5.82 Å². The van der Waals surface area contributed by atoms with Crippen LogP contribution < -0.4 is 20.1 Å². The van der Waals surface area contributed by atoms with E-state index in [9.17, 15) is 4.39 Å². The molecule has 2 aromatic rings. The zero-order chi connectivity index (χ0) is 19.8. The third kappa shape index (κ3) is 6.07. The van der Waals surface area contributed by atoms with Crippen LogP contribution in [-0.2, 0) is 13.2 Å². The normalized spacial score (nSPS) is 14.8. The molecule has 28 heavy (non-hydrogen) atoms. The topological polar surface area (TPSA) is 45.8 Å². The van der Waals surface area contributed by atoms with Crippen LogP contribution in [0.3, 0.4) is 0 Å². The number of hydrogen-bond donors (Lipinski definition) is 2. The Labute approximate surface area is 170 Å². The molecule has 0 bridgehead atoms. The van der Waals surface area contributed by atoms with Gasteiger partial charge in [-0.15, -0.1) is 0 Å². The van der Waals surface area contributed by atoms with Crippen molar-refractivity contribution in [3.05, 3.63) is 58.4 Å². The molecule has 0 radical (unpaired) electrons. The molecule has 152 valence electrons. The molecule has 7 heteroatoms. The predicted molar refractivity (Wildman–Crippen MR) is 110 cm³/mol. The molecule has 3 rings (SSSR count). The van der Waals surface area contributed by atoms with Gasteiger partial charge in [0.05, 0.1) is 12.1 Å². The van der Waals surface area contributed by atoms with Gasteiger partial charge in [0.1, 0.15) is 12.4 Å². The number of nitrogens with zero attached hydrogens (tertiary/aromatic N) is 1. The lowest BCUT2D eigenvalue weighted by molar-refractivity contribution is 0.241. The number of halogens is 2. The molecule has 0 spiro atoms. The second-order valence-electron chi connectivity index (χ2n) is 6.79. The van der Waals surface area contributed by atoms with Crippen molar-refractivity contribution in [2.45, 2.75) is 13.2 Å². The van der Waals surface area contributed by atoms with E-state index in [1.54, 1.807) is 19.2 Å². The van der Waals surface area contributed by atoms with Crippen molar-refractivity contribution < 1.29 is 13.9 Å². The summed E-state index contributed by atoms with van der Waals surface area (Å²) in [5.74, 6) is 0.819. The van der Waals surface area contributed by atoms with Crippen LogP contribution in [0.25, 0.3) is 0 Å². The highest BCUT2D eigenvalue weighted by Crippen LogP contribution is 2.37. The average Bonchev–Trinajstić information content (AvgIpc) is 2.72. The summed E-state index contributed by atoms with van der Waals surface area (Å²) < 4.78 is 24.3. The fraction of sp³-hybridized carbons (Fsp3) is 0.429. The highest BCUT2D eigenvalue weighted by Gasteiger charge is 2.13. The highest BCUT2D eigenvalue weighted by molar-refractivity contribution is 6.32. The molecule has 0 amide bonds. The van der Waals surface area contributed by atoms with E-state index >= 15 is 0 Å². The van der Waals surface area contributed by atoms with Gasteiger partial charge in [-0.2, -0.15) is 0 Å². The maximum atomic E-state index is 13.0. The van der Waals surface area contributed by atoms with Crippen LogP contribution in [0.5, 0.6) is 11.5 Å². The molecule has 0 saturated carbocycles. The number of methoxy groups -OCH3 is 1. The molecule has 1 fully saturated rings. The second-order valence-corrected chi connectivity index (χ2v) is 7.20. The lowest BCUT2D eigenvalue weighted by Crippen LogP contribution is -2.45. The van der Waals surface area contributed by atoms with E-state index in [0.717, 1.165) is 50.4 Å². The summed E-state index contributed by atoms with van der Waals surface area (Å²) in [4.78, 5) is 2.45. The summed E-state index contributed by atoms with van der Waals surface area (Å²) in [6, 6.07) is 10.0. The Morgan fingerprint density at radius 3 is 2.61 bits per heavy atom. The molecule has 0 unspecified atom stereocenters. The molecular weight excluding hydrogens is 381 g/mol.